The van der Waals surface area contributed by atoms with E-state index in [9.17, 15) is 14.9 Å². The number of nitro benzene ring substituents is 1. The van der Waals surface area contributed by atoms with Crippen LogP contribution in [0.25, 0.3) is 0 Å². The van der Waals surface area contributed by atoms with Crippen LogP contribution in [-0.2, 0) is 0 Å². The summed E-state index contributed by atoms with van der Waals surface area (Å²) in [5, 5.41) is 14.3. The van der Waals surface area contributed by atoms with E-state index in [0.717, 1.165) is 26.1 Å². The van der Waals surface area contributed by atoms with Crippen LogP contribution in [0.4, 0.5) is 11.4 Å². The molecule has 7 heteroatoms. The number of rotatable bonds is 3. The van der Waals surface area contributed by atoms with Gasteiger partial charge in [0.25, 0.3) is 11.6 Å². The van der Waals surface area contributed by atoms with Crippen LogP contribution in [0.2, 0.25) is 0 Å². The Morgan fingerprint density at radius 3 is 2.90 bits per heavy atom. The van der Waals surface area contributed by atoms with Crippen LogP contribution < -0.4 is 16.0 Å². The van der Waals surface area contributed by atoms with Crippen molar-refractivity contribution in [3.63, 3.8) is 0 Å². The molecule has 3 N–H and O–H groups in total. The number of primary amides is 1. The lowest BCUT2D eigenvalue weighted by atomic mass is 9.94. The Hall–Kier alpha value is -2.15. The molecule has 2 saturated heterocycles. The second-order valence-electron chi connectivity index (χ2n) is 5.69. The predicted octanol–water partition coefficient (Wildman–Crippen LogP) is 0.882. The summed E-state index contributed by atoms with van der Waals surface area (Å²) in [6.45, 7) is 2.69. The number of piperidine rings is 1. The third-order valence-corrected chi connectivity index (χ3v) is 4.40. The normalized spacial score (nSPS) is 24.7. The minimum atomic E-state index is -0.628. The minimum absolute atomic E-state index is 0.109. The van der Waals surface area contributed by atoms with Crippen LogP contribution in [-0.4, -0.2) is 36.5 Å². The smallest absolute Gasteiger partial charge is 0.270 e. The molecule has 0 radical (unpaired) electrons. The SMILES string of the molecule is NC(=O)c1cc([N+](=O)[O-])ccc1N1C[C@@H]2CCCN[C@@H]2C1. The summed E-state index contributed by atoms with van der Waals surface area (Å²) in [5.74, 6) is -0.0637. The first-order valence-corrected chi connectivity index (χ1v) is 7.13. The molecule has 1 aromatic carbocycles. The van der Waals surface area contributed by atoms with Gasteiger partial charge in [0.15, 0.2) is 0 Å². The van der Waals surface area contributed by atoms with E-state index >= 15 is 0 Å². The zero-order chi connectivity index (χ0) is 15.0. The highest BCUT2D eigenvalue weighted by atomic mass is 16.6. The van der Waals surface area contributed by atoms with Gasteiger partial charge in [-0.05, 0) is 31.4 Å². The Morgan fingerprint density at radius 2 is 2.24 bits per heavy atom. The standard InChI is InChI=1S/C14H18N4O3/c15-14(19)11-6-10(18(20)21)3-4-13(11)17-7-9-2-1-5-16-12(9)8-17/h3-4,6,9,12,16H,1-2,5,7-8H2,(H2,15,19)/t9-,12+/m0/s1. The third kappa shape index (κ3) is 2.56. The molecule has 1 aromatic rings. The van der Waals surface area contributed by atoms with E-state index in [4.69, 9.17) is 5.73 Å². The van der Waals surface area contributed by atoms with Crippen molar-refractivity contribution in [2.45, 2.75) is 18.9 Å². The molecular weight excluding hydrogens is 272 g/mol. The molecule has 0 spiro atoms. The van der Waals surface area contributed by atoms with E-state index in [-0.39, 0.29) is 11.3 Å². The van der Waals surface area contributed by atoms with E-state index in [0.29, 0.717) is 17.6 Å². The molecule has 0 unspecified atom stereocenters. The van der Waals surface area contributed by atoms with Gasteiger partial charge in [0, 0.05) is 31.3 Å². The number of nitrogens with one attached hydrogen (secondary N) is 1. The Bertz CT molecular complexity index is 576. The van der Waals surface area contributed by atoms with E-state index in [1.54, 1.807) is 6.07 Å². The summed E-state index contributed by atoms with van der Waals surface area (Å²) >= 11 is 0. The molecule has 21 heavy (non-hydrogen) atoms. The lowest BCUT2D eigenvalue weighted by Crippen LogP contribution is -2.40. The molecule has 1 amide bonds. The lowest BCUT2D eigenvalue weighted by molar-refractivity contribution is -0.384. The molecule has 2 fully saturated rings. The van der Waals surface area contributed by atoms with E-state index in [2.05, 4.69) is 10.2 Å². The summed E-state index contributed by atoms with van der Waals surface area (Å²) in [7, 11) is 0. The number of amides is 1. The second-order valence-corrected chi connectivity index (χ2v) is 5.69. The van der Waals surface area contributed by atoms with Gasteiger partial charge in [-0.25, -0.2) is 0 Å². The van der Waals surface area contributed by atoms with Gasteiger partial charge in [0.05, 0.1) is 16.2 Å². The first-order valence-electron chi connectivity index (χ1n) is 7.13. The first-order chi connectivity index (χ1) is 10.1. The zero-order valence-electron chi connectivity index (χ0n) is 11.6. The maximum atomic E-state index is 11.6. The molecular formula is C14H18N4O3. The van der Waals surface area contributed by atoms with Gasteiger partial charge < -0.3 is 16.0 Å². The number of benzene rings is 1. The van der Waals surface area contributed by atoms with Gasteiger partial charge in [0.1, 0.15) is 0 Å². The Kier molecular flexibility index (Phi) is 3.50. The Balaban J connectivity index is 1.91. The van der Waals surface area contributed by atoms with Crippen LogP contribution in [0.1, 0.15) is 23.2 Å². The van der Waals surface area contributed by atoms with Gasteiger partial charge in [-0.2, -0.15) is 0 Å². The van der Waals surface area contributed by atoms with Crippen LogP contribution in [0.15, 0.2) is 18.2 Å². The monoisotopic (exact) mass is 290 g/mol. The van der Waals surface area contributed by atoms with Crippen molar-refractivity contribution in [2.75, 3.05) is 24.5 Å². The van der Waals surface area contributed by atoms with Crippen molar-refractivity contribution >= 4 is 17.3 Å². The maximum Gasteiger partial charge on any atom is 0.270 e. The molecule has 0 bridgehead atoms. The number of nitrogens with two attached hydrogens (primary N) is 1. The summed E-state index contributed by atoms with van der Waals surface area (Å²) in [5.41, 5.74) is 6.21. The summed E-state index contributed by atoms with van der Waals surface area (Å²) in [6.07, 6.45) is 2.34. The fraction of sp³-hybridized carbons (Fsp3) is 0.500. The van der Waals surface area contributed by atoms with Crippen molar-refractivity contribution in [1.82, 2.24) is 5.32 Å². The van der Waals surface area contributed by atoms with Crippen molar-refractivity contribution in [1.29, 1.82) is 0 Å². The first kappa shape index (κ1) is 13.8. The number of carbonyl (C=O) groups excluding carboxylic acids is 1. The predicted molar refractivity (Wildman–Crippen MR) is 78.3 cm³/mol. The highest BCUT2D eigenvalue weighted by molar-refractivity contribution is 5.99. The Morgan fingerprint density at radius 1 is 1.43 bits per heavy atom. The molecule has 3 rings (SSSR count). The van der Waals surface area contributed by atoms with Crippen molar-refractivity contribution in [3.8, 4) is 0 Å². The number of nitrogens with zero attached hydrogens (tertiary/aromatic N) is 2. The van der Waals surface area contributed by atoms with E-state index in [1.165, 1.54) is 18.6 Å². The molecule has 0 aliphatic carbocycles. The number of hydrogen-bond acceptors (Lipinski definition) is 5. The average Bonchev–Trinajstić information content (AvgIpc) is 2.90. The van der Waals surface area contributed by atoms with Gasteiger partial charge in [-0.1, -0.05) is 0 Å². The molecule has 2 atom stereocenters. The van der Waals surface area contributed by atoms with Gasteiger partial charge in [0.2, 0.25) is 0 Å². The largest absolute Gasteiger partial charge is 0.369 e. The van der Waals surface area contributed by atoms with Gasteiger partial charge in [-0.3, -0.25) is 14.9 Å². The number of carbonyl (C=O) groups is 1. The van der Waals surface area contributed by atoms with Crippen LogP contribution in [0.5, 0.6) is 0 Å². The zero-order valence-corrected chi connectivity index (χ0v) is 11.6. The number of fused-ring (bicyclic) bond motifs is 1. The number of non-ortho nitro benzene ring substituents is 1. The van der Waals surface area contributed by atoms with E-state index < -0.39 is 10.8 Å². The molecule has 2 aliphatic rings. The number of nitro groups is 1. The Labute approximate surface area is 122 Å². The fourth-order valence-electron chi connectivity index (χ4n) is 3.35. The highest BCUT2D eigenvalue weighted by Gasteiger charge is 2.35. The van der Waals surface area contributed by atoms with Crippen LogP contribution in [0.3, 0.4) is 0 Å². The number of hydrogen-bond donors (Lipinski definition) is 2. The van der Waals surface area contributed by atoms with Gasteiger partial charge in [-0.15, -0.1) is 0 Å². The highest BCUT2D eigenvalue weighted by Crippen LogP contribution is 2.32. The lowest BCUT2D eigenvalue weighted by Gasteiger charge is -2.24. The van der Waals surface area contributed by atoms with E-state index in [1.807, 2.05) is 0 Å². The van der Waals surface area contributed by atoms with Crippen LogP contribution >= 0.6 is 0 Å². The second kappa shape index (κ2) is 5.33. The van der Waals surface area contributed by atoms with Crippen LogP contribution in [0, 0.1) is 16.0 Å². The fourth-order valence-corrected chi connectivity index (χ4v) is 3.35. The molecule has 7 nitrogen and oxygen atoms in total. The summed E-state index contributed by atoms with van der Waals surface area (Å²) in [6, 6.07) is 4.76. The minimum Gasteiger partial charge on any atom is -0.369 e. The summed E-state index contributed by atoms with van der Waals surface area (Å²) < 4.78 is 0. The van der Waals surface area contributed by atoms with Crippen molar-refractivity contribution in [2.24, 2.45) is 11.7 Å². The molecule has 0 saturated carbocycles. The average molecular weight is 290 g/mol. The van der Waals surface area contributed by atoms with Gasteiger partial charge >= 0.3 is 0 Å². The number of anilines is 1. The maximum absolute atomic E-state index is 11.6. The molecule has 2 heterocycles. The summed E-state index contributed by atoms with van der Waals surface area (Å²) in [4.78, 5) is 24.1. The molecule has 0 aromatic heterocycles. The van der Waals surface area contributed by atoms with Crippen molar-refractivity contribution in [3.05, 3.63) is 33.9 Å². The molecule has 2 aliphatic heterocycles. The topological polar surface area (TPSA) is 102 Å². The van der Waals surface area contributed by atoms with Crippen molar-refractivity contribution < 1.29 is 9.72 Å². The third-order valence-electron chi connectivity index (χ3n) is 4.40. The molecule has 112 valence electrons. The quantitative estimate of drug-likeness (QED) is 0.635.